The Labute approximate surface area is 115 Å². The number of nitrogens with one attached hydrogen (secondary N) is 1. The topological polar surface area (TPSA) is 55.2 Å². The molecule has 4 nitrogen and oxygen atoms in total. The van der Waals surface area contributed by atoms with Crippen molar-refractivity contribution in [3.8, 4) is 0 Å². The van der Waals surface area contributed by atoms with E-state index in [-0.39, 0.29) is 10.6 Å². The minimum Gasteiger partial charge on any atom is -0.383 e. The van der Waals surface area contributed by atoms with E-state index in [1.165, 1.54) is 0 Å². The summed E-state index contributed by atoms with van der Waals surface area (Å²) in [6, 6.07) is 5.49. The fourth-order valence-corrected chi connectivity index (χ4v) is 2.51. The summed E-state index contributed by atoms with van der Waals surface area (Å²) in [5.41, 5.74) is 1.10. The lowest BCUT2D eigenvalue weighted by atomic mass is 10.1. The van der Waals surface area contributed by atoms with Crippen molar-refractivity contribution in [1.82, 2.24) is 0 Å². The van der Waals surface area contributed by atoms with Crippen LogP contribution in [-0.4, -0.2) is 11.0 Å². The smallest absolute Gasteiger partial charge is 0.282 e. The summed E-state index contributed by atoms with van der Waals surface area (Å²) in [6.07, 6.45) is 1.08. The second kappa shape index (κ2) is 6.18. The molecular weight excluding hydrogens is 331 g/mol. The maximum absolute atomic E-state index is 10.7. The van der Waals surface area contributed by atoms with Gasteiger partial charge in [-0.3, -0.25) is 10.1 Å². The second-order valence-electron chi connectivity index (χ2n) is 4.60. The van der Waals surface area contributed by atoms with Crippen molar-refractivity contribution in [2.45, 2.75) is 33.2 Å². The van der Waals surface area contributed by atoms with Crippen molar-refractivity contribution in [3.63, 3.8) is 0 Å². The van der Waals surface area contributed by atoms with Gasteiger partial charge in [0.2, 0.25) is 0 Å². The van der Waals surface area contributed by atoms with Crippen LogP contribution in [0.4, 0.5) is 11.4 Å². The molecule has 17 heavy (non-hydrogen) atoms. The third-order valence-electron chi connectivity index (χ3n) is 2.38. The number of anilines is 1. The average molecular weight is 348 g/mol. The molecule has 1 aromatic rings. The van der Waals surface area contributed by atoms with Gasteiger partial charge in [0.15, 0.2) is 0 Å². The lowest BCUT2D eigenvalue weighted by Crippen LogP contribution is -2.17. The van der Waals surface area contributed by atoms with E-state index in [0.717, 1.165) is 12.1 Å². The third kappa shape index (κ3) is 4.49. The lowest BCUT2D eigenvalue weighted by molar-refractivity contribution is -0.385. The van der Waals surface area contributed by atoms with Crippen LogP contribution >= 0.6 is 22.6 Å². The van der Waals surface area contributed by atoms with E-state index in [9.17, 15) is 10.1 Å². The molecule has 0 amide bonds. The van der Waals surface area contributed by atoms with Crippen LogP contribution in [0.2, 0.25) is 0 Å². The van der Waals surface area contributed by atoms with Gasteiger partial charge in [-0.25, -0.2) is 0 Å². The highest BCUT2D eigenvalue weighted by Crippen LogP contribution is 2.24. The Morgan fingerprint density at radius 3 is 2.53 bits per heavy atom. The lowest BCUT2D eigenvalue weighted by Gasteiger charge is -2.17. The molecule has 94 valence electrons. The Morgan fingerprint density at radius 2 is 2.06 bits per heavy atom. The van der Waals surface area contributed by atoms with Gasteiger partial charge in [0.1, 0.15) is 0 Å². The number of halogens is 1. The van der Waals surface area contributed by atoms with Gasteiger partial charge in [-0.1, -0.05) is 13.8 Å². The quantitative estimate of drug-likeness (QED) is 0.496. The molecule has 1 atom stereocenters. The van der Waals surface area contributed by atoms with Gasteiger partial charge in [-0.2, -0.15) is 0 Å². The molecule has 0 radical (unpaired) electrons. The highest BCUT2D eigenvalue weighted by atomic mass is 127. The first-order valence-corrected chi connectivity index (χ1v) is 6.68. The largest absolute Gasteiger partial charge is 0.383 e. The van der Waals surface area contributed by atoms with Gasteiger partial charge in [0.25, 0.3) is 5.69 Å². The van der Waals surface area contributed by atoms with E-state index < -0.39 is 0 Å². The van der Waals surface area contributed by atoms with E-state index in [2.05, 4.69) is 26.1 Å². The SMILES string of the molecule is CC(C)CC(C)Nc1ccc([N+](=O)[O-])c(I)c1. The molecule has 1 aromatic carbocycles. The van der Waals surface area contributed by atoms with E-state index in [4.69, 9.17) is 0 Å². The predicted molar refractivity (Wildman–Crippen MR) is 78.4 cm³/mol. The Balaban J connectivity index is 2.74. The third-order valence-corrected chi connectivity index (χ3v) is 3.25. The summed E-state index contributed by atoms with van der Waals surface area (Å²) in [5.74, 6) is 0.634. The fraction of sp³-hybridized carbons (Fsp3) is 0.500. The van der Waals surface area contributed by atoms with Crippen LogP contribution in [0.5, 0.6) is 0 Å². The zero-order valence-electron chi connectivity index (χ0n) is 10.2. The standard InChI is InChI=1S/C12H17IN2O2/c1-8(2)6-9(3)14-10-4-5-12(15(16)17)11(13)7-10/h4-5,7-9,14H,6H2,1-3H3. The van der Waals surface area contributed by atoms with Crippen molar-refractivity contribution >= 4 is 34.0 Å². The molecule has 0 saturated heterocycles. The molecule has 0 heterocycles. The van der Waals surface area contributed by atoms with E-state index in [1.54, 1.807) is 12.1 Å². The van der Waals surface area contributed by atoms with Crippen molar-refractivity contribution in [2.75, 3.05) is 5.32 Å². The van der Waals surface area contributed by atoms with Crippen LogP contribution in [0.15, 0.2) is 18.2 Å². The molecule has 5 heteroatoms. The summed E-state index contributed by atoms with van der Waals surface area (Å²) in [4.78, 5) is 10.3. The minimum atomic E-state index is -0.358. The molecule has 0 spiro atoms. The highest BCUT2D eigenvalue weighted by Gasteiger charge is 2.12. The summed E-state index contributed by atoms with van der Waals surface area (Å²) in [7, 11) is 0. The van der Waals surface area contributed by atoms with Gasteiger partial charge in [0, 0.05) is 17.8 Å². The number of benzene rings is 1. The molecule has 1 unspecified atom stereocenters. The Bertz CT molecular complexity index is 407. The number of hydrogen-bond acceptors (Lipinski definition) is 3. The molecule has 1 N–H and O–H groups in total. The minimum absolute atomic E-state index is 0.160. The van der Waals surface area contributed by atoms with Gasteiger partial charge in [-0.15, -0.1) is 0 Å². The summed E-state index contributed by atoms with van der Waals surface area (Å²) in [5, 5.41) is 14.0. The Hall–Kier alpha value is -0.850. The zero-order chi connectivity index (χ0) is 13.0. The normalized spacial score (nSPS) is 12.5. The zero-order valence-corrected chi connectivity index (χ0v) is 12.4. The first kappa shape index (κ1) is 14.2. The van der Waals surface area contributed by atoms with Crippen molar-refractivity contribution < 1.29 is 4.92 Å². The number of nitro groups is 1. The maximum Gasteiger partial charge on any atom is 0.282 e. The van der Waals surface area contributed by atoms with Crippen LogP contribution in [0, 0.1) is 19.6 Å². The van der Waals surface area contributed by atoms with Crippen molar-refractivity contribution in [1.29, 1.82) is 0 Å². The Kier molecular flexibility index (Phi) is 5.17. The maximum atomic E-state index is 10.7. The molecule has 0 saturated carbocycles. The van der Waals surface area contributed by atoms with Crippen LogP contribution in [0.25, 0.3) is 0 Å². The monoisotopic (exact) mass is 348 g/mol. The molecule has 0 aliphatic rings. The van der Waals surface area contributed by atoms with Crippen LogP contribution in [0.3, 0.4) is 0 Å². The van der Waals surface area contributed by atoms with E-state index >= 15 is 0 Å². The number of nitrogens with zero attached hydrogens (tertiary/aromatic N) is 1. The summed E-state index contributed by atoms with van der Waals surface area (Å²) in [6.45, 7) is 6.48. The van der Waals surface area contributed by atoms with E-state index in [1.807, 2.05) is 28.7 Å². The van der Waals surface area contributed by atoms with Gasteiger partial charge in [-0.05, 0) is 54.0 Å². The number of rotatable bonds is 5. The van der Waals surface area contributed by atoms with Crippen LogP contribution < -0.4 is 5.32 Å². The molecule has 0 aliphatic carbocycles. The summed E-state index contributed by atoms with van der Waals surface area (Å²) < 4.78 is 0.661. The molecule has 0 fully saturated rings. The molecule has 1 rings (SSSR count). The van der Waals surface area contributed by atoms with Crippen LogP contribution in [0.1, 0.15) is 27.2 Å². The fourth-order valence-electron chi connectivity index (χ4n) is 1.80. The van der Waals surface area contributed by atoms with Gasteiger partial charge >= 0.3 is 0 Å². The van der Waals surface area contributed by atoms with Crippen LogP contribution in [-0.2, 0) is 0 Å². The molecule has 0 aliphatic heterocycles. The van der Waals surface area contributed by atoms with E-state index in [0.29, 0.717) is 15.5 Å². The van der Waals surface area contributed by atoms with Gasteiger partial charge in [0.05, 0.1) is 8.49 Å². The number of nitro benzene ring substituents is 1. The molecule has 0 bridgehead atoms. The first-order chi connectivity index (χ1) is 7.90. The van der Waals surface area contributed by atoms with Crippen molar-refractivity contribution in [2.24, 2.45) is 5.92 Å². The van der Waals surface area contributed by atoms with Gasteiger partial charge < -0.3 is 5.32 Å². The average Bonchev–Trinajstić information content (AvgIpc) is 2.15. The van der Waals surface area contributed by atoms with Crippen molar-refractivity contribution in [3.05, 3.63) is 31.9 Å². The first-order valence-electron chi connectivity index (χ1n) is 5.60. The second-order valence-corrected chi connectivity index (χ2v) is 5.76. The predicted octanol–water partition coefficient (Wildman–Crippen LogP) is 4.05. The Morgan fingerprint density at radius 1 is 1.41 bits per heavy atom. The molecule has 0 aromatic heterocycles. The summed E-state index contributed by atoms with van der Waals surface area (Å²) >= 11 is 1.99. The highest BCUT2D eigenvalue weighted by molar-refractivity contribution is 14.1. The molecular formula is C12H17IN2O2. The number of hydrogen-bond donors (Lipinski definition) is 1.